The van der Waals surface area contributed by atoms with Crippen LogP contribution in [0.4, 0.5) is 5.69 Å². The second kappa shape index (κ2) is 7.90. The predicted octanol–water partition coefficient (Wildman–Crippen LogP) is -1.67. The van der Waals surface area contributed by atoms with E-state index in [1.54, 1.807) is 0 Å². The molecule has 1 atom stereocenters. The smallest absolute Gasteiger partial charge is 0.261 e. The summed E-state index contributed by atoms with van der Waals surface area (Å²) >= 11 is 0. The number of nitrogen functional groups attached to an aromatic ring is 1. The van der Waals surface area contributed by atoms with E-state index in [4.69, 9.17) is 5.73 Å². The summed E-state index contributed by atoms with van der Waals surface area (Å²) in [5.74, 6) is -2.67. The highest BCUT2D eigenvalue weighted by atomic mass is 16.3. The second-order valence-electron chi connectivity index (χ2n) is 6.07. The first kappa shape index (κ1) is 21.0. The number of carbonyl (C=O) groups is 4. The fourth-order valence-electron chi connectivity index (χ4n) is 2.80. The monoisotopic (exact) mass is 363 g/mol. The summed E-state index contributed by atoms with van der Waals surface area (Å²) in [5, 5.41) is 22.2. The van der Waals surface area contributed by atoms with Crippen molar-refractivity contribution in [3.05, 3.63) is 11.1 Å². The molecule has 1 aromatic carbocycles. The SMILES string of the molecule is Bc1c(O)c(O)c(N)c(C)c1C(=O)N(C=O)C(C)(CCC=O)C(=O)NC. The molecule has 5 N–H and O–H groups in total. The average molecular weight is 363 g/mol. The van der Waals surface area contributed by atoms with Gasteiger partial charge >= 0.3 is 0 Å². The summed E-state index contributed by atoms with van der Waals surface area (Å²) in [5.41, 5.74) is 3.94. The van der Waals surface area contributed by atoms with Gasteiger partial charge in [-0.3, -0.25) is 19.3 Å². The maximum absolute atomic E-state index is 13.0. The Hall–Kier alpha value is -3.04. The Labute approximate surface area is 151 Å². The van der Waals surface area contributed by atoms with Gasteiger partial charge in [-0.05, 0) is 31.3 Å². The molecular weight excluding hydrogens is 341 g/mol. The van der Waals surface area contributed by atoms with Gasteiger partial charge in [-0.25, -0.2) is 0 Å². The molecule has 0 saturated carbocycles. The van der Waals surface area contributed by atoms with Crippen LogP contribution in [-0.2, 0) is 14.4 Å². The number of aldehydes is 1. The van der Waals surface area contributed by atoms with E-state index in [9.17, 15) is 29.4 Å². The average Bonchev–Trinajstić information content (AvgIpc) is 2.62. The summed E-state index contributed by atoms with van der Waals surface area (Å²) in [6.07, 6.45) is 0.637. The normalized spacial score (nSPS) is 12.7. The van der Waals surface area contributed by atoms with Crippen LogP contribution in [0, 0.1) is 6.92 Å². The summed E-state index contributed by atoms with van der Waals surface area (Å²) in [6.45, 7) is 2.80. The topological polar surface area (TPSA) is 150 Å². The zero-order valence-electron chi connectivity index (χ0n) is 15.1. The number of likely N-dealkylation sites (N-methyl/N-ethyl adjacent to an activating group) is 1. The number of hydrogen-bond donors (Lipinski definition) is 4. The van der Waals surface area contributed by atoms with Crippen LogP contribution < -0.4 is 16.5 Å². The summed E-state index contributed by atoms with van der Waals surface area (Å²) < 4.78 is 0. The molecule has 0 bridgehead atoms. The number of aromatic hydroxyl groups is 2. The van der Waals surface area contributed by atoms with Crippen LogP contribution in [0.2, 0.25) is 0 Å². The van der Waals surface area contributed by atoms with Gasteiger partial charge in [-0.15, -0.1) is 0 Å². The number of phenols is 2. The molecule has 0 aliphatic carbocycles. The van der Waals surface area contributed by atoms with Crippen LogP contribution in [-0.4, -0.2) is 60.1 Å². The molecule has 0 saturated heterocycles. The van der Waals surface area contributed by atoms with Gasteiger partial charge in [-0.1, -0.05) is 0 Å². The molecule has 0 radical (unpaired) electrons. The van der Waals surface area contributed by atoms with Crippen molar-refractivity contribution < 1.29 is 29.4 Å². The first-order chi connectivity index (χ1) is 12.1. The highest BCUT2D eigenvalue weighted by Crippen LogP contribution is 2.35. The van der Waals surface area contributed by atoms with E-state index in [1.807, 2.05) is 0 Å². The molecule has 140 valence electrons. The Morgan fingerprint density at radius 1 is 1.31 bits per heavy atom. The molecule has 1 aromatic rings. The fourth-order valence-corrected chi connectivity index (χ4v) is 2.80. The molecule has 0 heterocycles. The lowest BCUT2D eigenvalue weighted by atomic mass is 9.83. The van der Waals surface area contributed by atoms with Gasteiger partial charge in [0.25, 0.3) is 5.91 Å². The minimum atomic E-state index is -1.63. The fraction of sp³-hybridized carbons (Fsp3) is 0.375. The number of amides is 3. The number of hydrogen-bond acceptors (Lipinski definition) is 7. The molecule has 0 fully saturated rings. The zero-order valence-corrected chi connectivity index (χ0v) is 15.1. The van der Waals surface area contributed by atoms with Gasteiger partial charge in [0.05, 0.1) is 5.69 Å². The number of nitrogens with two attached hydrogens (primary N) is 1. The minimum absolute atomic E-state index is 0.0145. The largest absolute Gasteiger partial charge is 0.505 e. The number of carbonyl (C=O) groups excluding carboxylic acids is 4. The third kappa shape index (κ3) is 3.35. The van der Waals surface area contributed by atoms with E-state index < -0.39 is 28.9 Å². The first-order valence-corrected chi connectivity index (χ1v) is 7.83. The number of nitrogens with zero attached hydrogens (tertiary/aromatic N) is 1. The molecule has 0 aliphatic heterocycles. The van der Waals surface area contributed by atoms with Crippen molar-refractivity contribution in [2.24, 2.45) is 0 Å². The molecule has 10 heteroatoms. The van der Waals surface area contributed by atoms with E-state index in [0.29, 0.717) is 11.2 Å². The third-order valence-electron chi connectivity index (χ3n) is 4.52. The van der Waals surface area contributed by atoms with Crippen molar-refractivity contribution in [3.63, 3.8) is 0 Å². The Kier molecular flexibility index (Phi) is 6.38. The van der Waals surface area contributed by atoms with Crippen molar-refractivity contribution in [1.82, 2.24) is 10.2 Å². The Balaban J connectivity index is 3.60. The van der Waals surface area contributed by atoms with Crippen LogP contribution in [0.25, 0.3) is 0 Å². The number of phenolic OH excluding ortho intramolecular Hbond substituents is 2. The van der Waals surface area contributed by atoms with Crippen molar-refractivity contribution in [1.29, 1.82) is 0 Å². The molecule has 1 unspecified atom stereocenters. The Bertz CT molecular complexity index is 738. The molecule has 26 heavy (non-hydrogen) atoms. The van der Waals surface area contributed by atoms with Crippen molar-refractivity contribution in [2.45, 2.75) is 32.2 Å². The molecule has 0 aliphatic rings. The van der Waals surface area contributed by atoms with Crippen LogP contribution in [0.5, 0.6) is 11.5 Å². The quantitative estimate of drug-likeness (QED) is 0.196. The van der Waals surface area contributed by atoms with E-state index in [-0.39, 0.29) is 41.5 Å². The summed E-state index contributed by atoms with van der Waals surface area (Å²) in [6, 6.07) is 0. The number of imide groups is 1. The van der Waals surface area contributed by atoms with Gasteiger partial charge < -0.3 is 26.1 Å². The third-order valence-corrected chi connectivity index (χ3v) is 4.52. The lowest BCUT2D eigenvalue weighted by Gasteiger charge is -2.36. The Morgan fingerprint density at radius 3 is 2.35 bits per heavy atom. The highest BCUT2D eigenvalue weighted by Gasteiger charge is 2.42. The number of rotatable bonds is 7. The van der Waals surface area contributed by atoms with Gasteiger partial charge in [0.2, 0.25) is 12.3 Å². The maximum atomic E-state index is 13.0. The van der Waals surface area contributed by atoms with Gasteiger partial charge in [0.1, 0.15) is 19.7 Å². The van der Waals surface area contributed by atoms with Gasteiger partial charge in [0, 0.05) is 19.0 Å². The van der Waals surface area contributed by atoms with E-state index in [1.165, 1.54) is 28.7 Å². The first-order valence-electron chi connectivity index (χ1n) is 7.83. The zero-order chi connectivity index (χ0) is 20.2. The maximum Gasteiger partial charge on any atom is 0.261 e. The van der Waals surface area contributed by atoms with E-state index >= 15 is 0 Å². The summed E-state index contributed by atoms with van der Waals surface area (Å²) in [7, 11) is 2.72. The molecular formula is C16H22BN3O6. The minimum Gasteiger partial charge on any atom is -0.505 e. The second-order valence-corrected chi connectivity index (χ2v) is 6.07. The molecule has 9 nitrogen and oxygen atoms in total. The van der Waals surface area contributed by atoms with Crippen LogP contribution in [0.1, 0.15) is 35.7 Å². The Morgan fingerprint density at radius 2 is 1.88 bits per heavy atom. The van der Waals surface area contributed by atoms with Crippen LogP contribution in [0.15, 0.2) is 0 Å². The molecule has 0 spiro atoms. The number of anilines is 1. The highest BCUT2D eigenvalue weighted by molar-refractivity contribution is 6.39. The lowest BCUT2D eigenvalue weighted by Crippen LogP contribution is -2.58. The van der Waals surface area contributed by atoms with Gasteiger partial charge in [-0.2, -0.15) is 0 Å². The summed E-state index contributed by atoms with van der Waals surface area (Å²) in [4.78, 5) is 48.5. The molecule has 3 amide bonds. The van der Waals surface area contributed by atoms with Crippen molar-refractivity contribution in [3.8, 4) is 11.5 Å². The number of benzene rings is 1. The van der Waals surface area contributed by atoms with Crippen LogP contribution in [0.3, 0.4) is 0 Å². The van der Waals surface area contributed by atoms with Gasteiger partial charge in [0.15, 0.2) is 11.5 Å². The van der Waals surface area contributed by atoms with Crippen molar-refractivity contribution in [2.75, 3.05) is 12.8 Å². The standard InChI is InChI=1S/C16H22BN3O6/c1-8-9(10(17)12(23)13(24)11(8)18)14(25)20(7-22)16(2,5-4-6-21)15(26)19-3/h6-7,23-24H,4-5,17-18H2,1-3H3,(H,19,26). The van der Waals surface area contributed by atoms with E-state index in [0.717, 1.165) is 0 Å². The molecule has 1 rings (SSSR count). The number of nitrogens with one attached hydrogen (secondary N) is 1. The van der Waals surface area contributed by atoms with Crippen LogP contribution >= 0.6 is 0 Å². The molecule has 0 aromatic heterocycles. The lowest BCUT2D eigenvalue weighted by molar-refractivity contribution is -0.137. The predicted molar refractivity (Wildman–Crippen MR) is 97.1 cm³/mol. The van der Waals surface area contributed by atoms with Crippen molar-refractivity contribution >= 4 is 43.5 Å². The van der Waals surface area contributed by atoms with E-state index in [2.05, 4.69) is 5.32 Å².